The zero-order valence-corrected chi connectivity index (χ0v) is 13.1. The van der Waals surface area contributed by atoms with Crippen molar-refractivity contribution in [3.05, 3.63) is 24.2 Å². The van der Waals surface area contributed by atoms with Gasteiger partial charge in [0.05, 0.1) is 5.69 Å². The SMILES string of the molecule is CC(C)(C)c1cc2c(NCC3CCCC3N)nccn2n1. The second-order valence-electron chi connectivity index (χ2n) is 7.12. The van der Waals surface area contributed by atoms with Crippen LogP contribution in [-0.4, -0.2) is 27.2 Å². The number of nitrogens with two attached hydrogens (primary N) is 1. The van der Waals surface area contributed by atoms with E-state index >= 15 is 0 Å². The summed E-state index contributed by atoms with van der Waals surface area (Å²) in [4.78, 5) is 4.48. The molecule has 5 nitrogen and oxygen atoms in total. The Bertz CT molecular complexity index is 625. The molecule has 2 unspecified atom stereocenters. The van der Waals surface area contributed by atoms with Crippen LogP contribution in [0.4, 0.5) is 5.82 Å². The van der Waals surface area contributed by atoms with E-state index in [4.69, 9.17) is 5.73 Å². The highest BCUT2D eigenvalue weighted by molar-refractivity contribution is 5.68. The van der Waals surface area contributed by atoms with Gasteiger partial charge in [-0.25, -0.2) is 9.50 Å². The van der Waals surface area contributed by atoms with Gasteiger partial charge < -0.3 is 11.1 Å². The summed E-state index contributed by atoms with van der Waals surface area (Å²) in [6.45, 7) is 7.41. The molecule has 114 valence electrons. The van der Waals surface area contributed by atoms with E-state index in [9.17, 15) is 0 Å². The summed E-state index contributed by atoms with van der Waals surface area (Å²) in [5.41, 5.74) is 8.29. The Morgan fingerprint density at radius 3 is 2.86 bits per heavy atom. The van der Waals surface area contributed by atoms with Crippen LogP contribution in [0.1, 0.15) is 45.7 Å². The van der Waals surface area contributed by atoms with Crippen molar-refractivity contribution in [2.24, 2.45) is 11.7 Å². The third-order valence-corrected chi connectivity index (χ3v) is 4.41. The second kappa shape index (κ2) is 5.30. The highest BCUT2D eigenvalue weighted by atomic mass is 15.2. The summed E-state index contributed by atoms with van der Waals surface area (Å²) in [5, 5.41) is 8.12. The molecule has 2 heterocycles. The molecule has 3 rings (SSSR count). The second-order valence-corrected chi connectivity index (χ2v) is 7.12. The molecule has 0 radical (unpaired) electrons. The molecule has 0 spiro atoms. The molecule has 1 saturated carbocycles. The van der Waals surface area contributed by atoms with E-state index in [1.807, 2.05) is 10.7 Å². The number of rotatable bonds is 3. The Hall–Kier alpha value is -1.62. The Balaban J connectivity index is 1.83. The smallest absolute Gasteiger partial charge is 0.152 e. The van der Waals surface area contributed by atoms with E-state index in [0.717, 1.165) is 30.0 Å². The van der Waals surface area contributed by atoms with Gasteiger partial charge in [-0.1, -0.05) is 27.2 Å². The number of hydrogen-bond acceptors (Lipinski definition) is 4. The van der Waals surface area contributed by atoms with Gasteiger partial charge in [0, 0.05) is 30.4 Å². The molecule has 2 aromatic rings. The number of nitrogens with zero attached hydrogens (tertiary/aromatic N) is 3. The highest BCUT2D eigenvalue weighted by Crippen LogP contribution is 2.27. The maximum absolute atomic E-state index is 6.14. The summed E-state index contributed by atoms with van der Waals surface area (Å²) in [7, 11) is 0. The first-order valence-corrected chi connectivity index (χ1v) is 7.79. The third-order valence-electron chi connectivity index (χ3n) is 4.41. The van der Waals surface area contributed by atoms with Crippen molar-refractivity contribution in [1.29, 1.82) is 0 Å². The first-order chi connectivity index (χ1) is 9.95. The predicted octanol–water partition coefficient (Wildman–Crippen LogP) is 2.57. The van der Waals surface area contributed by atoms with Crippen LogP contribution in [-0.2, 0) is 5.41 Å². The lowest BCUT2D eigenvalue weighted by Crippen LogP contribution is -2.29. The average Bonchev–Trinajstić information content (AvgIpc) is 3.02. The number of aromatic nitrogens is 3. The van der Waals surface area contributed by atoms with E-state index in [-0.39, 0.29) is 5.41 Å². The van der Waals surface area contributed by atoms with Gasteiger partial charge in [-0.2, -0.15) is 5.10 Å². The maximum Gasteiger partial charge on any atom is 0.152 e. The fraction of sp³-hybridized carbons (Fsp3) is 0.625. The number of anilines is 1. The Morgan fingerprint density at radius 2 is 2.19 bits per heavy atom. The molecule has 1 aliphatic rings. The van der Waals surface area contributed by atoms with Gasteiger partial charge in [0.2, 0.25) is 0 Å². The first kappa shape index (κ1) is 14.3. The molecule has 0 saturated heterocycles. The molecule has 0 bridgehead atoms. The van der Waals surface area contributed by atoms with Crippen LogP contribution in [0.15, 0.2) is 18.5 Å². The molecule has 21 heavy (non-hydrogen) atoms. The summed E-state index contributed by atoms with van der Waals surface area (Å²) in [6, 6.07) is 2.46. The van der Waals surface area contributed by atoms with Crippen LogP contribution in [0, 0.1) is 5.92 Å². The maximum atomic E-state index is 6.14. The van der Waals surface area contributed by atoms with Crippen LogP contribution < -0.4 is 11.1 Å². The van der Waals surface area contributed by atoms with Crippen molar-refractivity contribution in [2.75, 3.05) is 11.9 Å². The lowest BCUT2D eigenvalue weighted by atomic mass is 9.92. The molecule has 1 aliphatic carbocycles. The number of fused-ring (bicyclic) bond motifs is 1. The monoisotopic (exact) mass is 287 g/mol. The van der Waals surface area contributed by atoms with Crippen LogP contribution >= 0.6 is 0 Å². The lowest BCUT2D eigenvalue weighted by Gasteiger charge is -2.16. The van der Waals surface area contributed by atoms with Crippen molar-refractivity contribution >= 4 is 11.3 Å². The van der Waals surface area contributed by atoms with Crippen LogP contribution in [0.2, 0.25) is 0 Å². The molecule has 3 N–H and O–H groups in total. The largest absolute Gasteiger partial charge is 0.368 e. The third kappa shape index (κ3) is 2.88. The zero-order valence-electron chi connectivity index (χ0n) is 13.1. The quantitative estimate of drug-likeness (QED) is 0.910. The number of hydrogen-bond donors (Lipinski definition) is 2. The molecular weight excluding hydrogens is 262 g/mol. The minimum atomic E-state index is 0.0388. The van der Waals surface area contributed by atoms with Gasteiger partial charge in [0.25, 0.3) is 0 Å². The minimum absolute atomic E-state index is 0.0388. The average molecular weight is 287 g/mol. The predicted molar refractivity (Wildman–Crippen MR) is 85.5 cm³/mol. The lowest BCUT2D eigenvalue weighted by molar-refractivity contribution is 0.504. The van der Waals surface area contributed by atoms with Crippen molar-refractivity contribution in [3.8, 4) is 0 Å². The van der Waals surface area contributed by atoms with Crippen molar-refractivity contribution < 1.29 is 0 Å². The normalized spacial score (nSPS) is 22.9. The Morgan fingerprint density at radius 1 is 1.38 bits per heavy atom. The minimum Gasteiger partial charge on any atom is -0.368 e. The molecule has 5 heteroatoms. The summed E-state index contributed by atoms with van der Waals surface area (Å²) >= 11 is 0. The van der Waals surface area contributed by atoms with Gasteiger partial charge in [-0.3, -0.25) is 0 Å². The number of nitrogens with one attached hydrogen (secondary N) is 1. The van der Waals surface area contributed by atoms with Gasteiger partial charge in [0.15, 0.2) is 5.82 Å². The van der Waals surface area contributed by atoms with Gasteiger partial charge in [0.1, 0.15) is 5.52 Å². The van der Waals surface area contributed by atoms with E-state index in [1.54, 1.807) is 6.20 Å². The topological polar surface area (TPSA) is 68.2 Å². The molecule has 0 aliphatic heterocycles. The summed E-state index contributed by atoms with van der Waals surface area (Å²) in [5.74, 6) is 1.46. The first-order valence-electron chi connectivity index (χ1n) is 7.79. The fourth-order valence-electron chi connectivity index (χ4n) is 2.97. The molecule has 0 amide bonds. The van der Waals surface area contributed by atoms with E-state index in [1.165, 1.54) is 12.8 Å². The van der Waals surface area contributed by atoms with Gasteiger partial charge in [-0.15, -0.1) is 0 Å². The molecular formula is C16H25N5. The zero-order chi connectivity index (χ0) is 15.0. The summed E-state index contributed by atoms with van der Waals surface area (Å²) < 4.78 is 1.91. The van der Waals surface area contributed by atoms with E-state index in [0.29, 0.717) is 12.0 Å². The molecule has 2 aromatic heterocycles. The van der Waals surface area contributed by atoms with Crippen LogP contribution in [0.25, 0.3) is 5.52 Å². The Kier molecular flexibility index (Phi) is 3.61. The van der Waals surface area contributed by atoms with Gasteiger partial charge >= 0.3 is 0 Å². The van der Waals surface area contributed by atoms with Crippen molar-refractivity contribution in [1.82, 2.24) is 14.6 Å². The molecule has 1 fully saturated rings. The summed E-state index contributed by atoms with van der Waals surface area (Å²) in [6.07, 6.45) is 7.29. The highest BCUT2D eigenvalue weighted by Gasteiger charge is 2.24. The fourth-order valence-corrected chi connectivity index (χ4v) is 2.97. The van der Waals surface area contributed by atoms with Crippen molar-refractivity contribution in [3.63, 3.8) is 0 Å². The Labute approximate surface area is 125 Å². The van der Waals surface area contributed by atoms with Crippen molar-refractivity contribution in [2.45, 2.75) is 51.5 Å². The van der Waals surface area contributed by atoms with E-state index in [2.05, 4.69) is 42.2 Å². The van der Waals surface area contributed by atoms with Crippen LogP contribution in [0.5, 0.6) is 0 Å². The molecule has 2 atom stereocenters. The van der Waals surface area contributed by atoms with E-state index < -0.39 is 0 Å². The standard InChI is InChI=1S/C16H25N5/c1-16(2,3)14-9-13-15(18-7-8-21(13)20-14)19-10-11-5-4-6-12(11)17/h7-9,11-12H,4-6,10,17H2,1-3H3,(H,18,19). The van der Waals surface area contributed by atoms with Gasteiger partial charge in [-0.05, 0) is 24.8 Å². The van der Waals surface area contributed by atoms with Crippen LogP contribution in [0.3, 0.4) is 0 Å². The molecule has 0 aromatic carbocycles.